The molecule has 0 N–H and O–H groups in total. The zero-order valence-corrected chi connectivity index (χ0v) is 16.0. The molecule has 7 nitrogen and oxygen atoms in total. The Morgan fingerprint density at radius 3 is 2.08 bits per heavy atom. The van der Waals surface area contributed by atoms with Gasteiger partial charge in [-0.25, -0.2) is 4.79 Å². The summed E-state index contributed by atoms with van der Waals surface area (Å²) in [5.41, 5.74) is 0.178. The Labute approximate surface area is 154 Å². The van der Waals surface area contributed by atoms with Crippen molar-refractivity contribution >= 4 is 11.9 Å². The number of piperidine rings is 1. The van der Waals surface area contributed by atoms with Crippen LogP contribution in [0.15, 0.2) is 12.1 Å². The predicted molar refractivity (Wildman–Crippen MR) is 96.0 cm³/mol. The molecule has 1 amide bonds. The van der Waals surface area contributed by atoms with Gasteiger partial charge in [0.05, 0.1) is 21.3 Å². The van der Waals surface area contributed by atoms with Crippen LogP contribution in [-0.4, -0.2) is 57.3 Å². The second-order valence-electron chi connectivity index (χ2n) is 6.46. The number of carbonyl (C=O) groups is 2. The first-order valence-corrected chi connectivity index (χ1v) is 8.71. The van der Waals surface area contributed by atoms with E-state index >= 15 is 0 Å². The van der Waals surface area contributed by atoms with Crippen LogP contribution in [0, 0.1) is 5.92 Å². The van der Waals surface area contributed by atoms with Crippen LogP contribution in [0.4, 0.5) is 0 Å². The molecule has 2 rings (SSSR count). The molecule has 7 heteroatoms. The molecule has 0 bridgehead atoms. The first kappa shape index (κ1) is 19.9. The standard InChI is InChI=1S/C19H27NO6/c1-12-6-8-20(9-7-12)18(21)13(2)26-19(22)14-10-16(24-4)17(25-5)11-15(14)23-3/h10-13H,6-9H2,1-5H3/t13-/m1/s1. The summed E-state index contributed by atoms with van der Waals surface area (Å²) in [5.74, 6) is 0.905. The monoisotopic (exact) mass is 365 g/mol. The zero-order valence-electron chi connectivity index (χ0n) is 16.0. The summed E-state index contributed by atoms with van der Waals surface area (Å²) in [6, 6.07) is 3.04. The van der Waals surface area contributed by atoms with Crippen molar-refractivity contribution in [2.75, 3.05) is 34.4 Å². The lowest BCUT2D eigenvalue weighted by Gasteiger charge is -2.31. The molecule has 1 heterocycles. The van der Waals surface area contributed by atoms with Crippen LogP contribution in [-0.2, 0) is 9.53 Å². The van der Waals surface area contributed by atoms with Gasteiger partial charge in [0, 0.05) is 25.2 Å². The molecule has 0 saturated carbocycles. The summed E-state index contributed by atoms with van der Waals surface area (Å²) >= 11 is 0. The molecule has 1 atom stereocenters. The Hall–Kier alpha value is -2.44. The van der Waals surface area contributed by atoms with Crippen LogP contribution in [0.3, 0.4) is 0 Å². The first-order valence-electron chi connectivity index (χ1n) is 8.71. The average molecular weight is 365 g/mol. The predicted octanol–water partition coefficient (Wildman–Crippen LogP) is 2.52. The molecule has 1 aromatic rings. The van der Waals surface area contributed by atoms with Gasteiger partial charge in [0.2, 0.25) is 0 Å². The number of hydrogen-bond acceptors (Lipinski definition) is 6. The fraction of sp³-hybridized carbons (Fsp3) is 0.579. The van der Waals surface area contributed by atoms with Gasteiger partial charge in [0.25, 0.3) is 5.91 Å². The van der Waals surface area contributed by atoms with Gasteiger partial charge in [-0.3, -0.25) is 4.79 Å². The third-order valence-corrected chi connectivity index (χ3v) is 4.65. The van der Waals surface area contributed by atoms with Gasteiger partial charge >= 0.3 is 5.97 Å². The Morgan fingerprint density at radius 1 is 1.00 bits per heavy atom. The van der Waals surface area contributed by atoms with Gasteiger partial charge in [0.15, 0.2) is 17.6 Å². The van der Waals surface area contributed by atoms with E-state index < -0.39 is 12.1 Å². The summed E-state index contributed by atoms with van der Waals surface area (Å²) in [6.07, 6.45) is 1.07. The van der Waals surface area contributed by atoms with Crippen LogP contribution in [0.2, 0.25) is 0 Å². The van der Waals surface area contributed by atoms with Crippen molar-refractivity contribution in [2.24, 2.45) is 5.92 Å². The van der Waals surface area contributed by atoms with E-state index in [1.54, 1.807) is 17.9 Å². The fourth-order valence-corrected chi connectivity index (χ4v) is 2.95. The number of nitrogens with zero attached hydrogens (tertiary/aromatic N) is 1. The second kappa shape index (κ2) is 8.78. The smallest absolute Gasteiger partial charge is 0.342 e. The highest BCUT2D eigenvalue weighted by Gasteiger charge is 2.28. The topological polar surface area (TPSA) is 74.3 Å². The van der Waals surface area contributed by atoms with Crippen molar-refractivity contribution < 1.29 is 28.5 Å². The fourth-order valence-electron chi connectivity index (χ4n) is 2.95. The summed E-state index contributed by atoms with van der Waals surface area (Å²) in [7, 11) is 4.42. The maximum Gasteiger partial charge on any atom is 0.342 e. The molecule has 0 spiro atoms. The summed E-state index contributed by atoms with van der Waals surface area (Å²) in [5, 5.41) is 0. The van der Waals surface area contributed by atoms with Crippen LogP contribution in [0.25, 0.3) is 0 Å². The molecule has 1 aliphatic heterocycles. The second-order valence-corrected chi connectivity index (χ2v) is 6.46. The minimum Gasteiger partial charge on any atom is -0.496 e. The van der Waals surface area contributed by atoms with Crippen molar-refractivity contribution in [3.05, 3.63) is 17.7 Å². The molecule has 144 valence electrons. The number of likely N-dealkylation sites (tertiary alicyclic amines) is 1. The van der Waals surface area contributed by atoms with Crippen molar-refractivity contribution in [3.8, 4) is 17.2 Å². The molecule has 0 unspecified atom stereocenters. The molecular formula is C19H27NO6. The Bertz CT molecular complexity index is 652. The number of rotatable bonds is 6. The van der Waals surface area contributed by atoms with E-state index in [0.29, 0.717) is 36.3 Å². The lowest BCUT2D eigenvalue weighted by atomic mass is 9.99. The molecule has 0 radical (unpaired) electrons. The molecular weight excluding hydrogens is 338 g/mol. The summed E-state index contributed by atoms with van der Waals surface area (Å²) in [6.45, 7) is 5.16. The van der Waals surface area contributed by atoms with Crippen molar-refractivity contribution in [1.29, 1.82) is 0 Å². The largest absolute Gasteiger partial charge is 0.496 e. The van der Waals surface area contributed by atoms with Crippen molar-refractivity contribution in [3.63, 3.8) is 0 Å². The van der Waals surface area contributed by atoms with E-state index in [9.17, 15) is 9.59 Å². The number of ether oxygens (including phenoxy) is 4. The molecule has 1 fully saturated rings. The summed E-state index contributed by atoms with van der Waals surface area (Å²) < 4.78 is 21.1. The van der Waals surface area contributed by atoms with Gasteiger partial charge in [0.1, 0.15) is 11.3 Å². The van der Waals surface area contributed by atoms with Gasteiger partial charge in [-0.05, 0) is 25.7 Å². The number of carbonyl (C=O) groups excluding carboxylic acids is 2. The SMILES string of the molecule is COc1cc(OC)c(C(=O)O[C@H](C)C(=O)N2CCC(C)CC2)cc1OC. The third kappa shape index (κ3) is 4.39. The number of esters is 1. The Balaban J connectivity index is 2.12. The van der Waals surface area contributed by atoms with E-state index in [1.807, 2.05) is 0 Å². The number of hydrogen-bond donors (Lipinski definition) is 0. The molecule has 0 aromatic heterocycles. The number of amides is 1. The molecule has 1 aliphatic rings. The summed E-state index contributed by atoms with van der Waals surface area (Å²) in [4.78, 5) is 26.8. The average Bonchev–Trinajstić information content (AvgIpc) is 2.66. The van der Waals surface area contributed by atoms with Crippen molar-refractivity contribution in [1.82, 2.24) is 4.90 Å². The molecule has 26 heavy (non-hydrogen) atoms. The van der Waals surface area contributed by atoms with Crippen LogP contribution in [0.1, 0.15) is 37.0 Å². The van der Waals surface area contributed by atoms with E-state index in [-0.39, 0.29) is 11.5 Å². The van der Waals surface area contributed by atoms with Crippen LogP contribution >= 0.6 is 0 Å². The number of methoxy groups -OCH3 is 3. The van der Waals surface area contributed by atoms with Crippen LogP contribution in [0.5, 0.6) is 17.2 Å². The van der Waals surface area contributed by atoms with E-state index in [2.05, 4.69) is 6.92 Å². The quantitative estimate of drug-likeness (QED) is 0.721. The van der Waals surface area contributed by atoms with Gasteiger partial charge in [-0.15, -0.1) is 0 Å². The minimum atomic E-state index is -0.867. The minimum absolute atomic E-state index is 0.176. The normalized spacial score (nSPS) is 16.0. The maximum atomic E-state index is 12.6. The molecule has 1 saturated heterocycles. The first-order chi connectivity index (χ1) is 12.4. The third-order valence-electron chi connectivity index (χ3n) is 4.65. The lowest BCUT2D eigenvalue weighted by molar-refractivity contribution is -0.141. The van der Waals surface area contributed by atoms with Crippen molar-refractivity contribution in [2.45, 2.75) is 32.8 Å². The van der Waals surface area contributed by atoms with Gasteiger partial charge < -0.3 is 23.8 Å². The molecule has 1 aromatic carbocycles. The highest BCUT2D eigenvalue weighted by atomic mass is 16.6. The van der Waals surface area contributed by atoms with Gasteiger partial charge in [-0.2, -0.15) is 0 Å². The van der Waals surface area contributed by atoms with Gasteiger partial charge in [-0.1, -0.05) is 6.92 Å². The van der Waals surface area contributed by atoms with E-state index in [0.717, 1.165) is 12.8 Å². The zero-order chi connectivity index (χ0) is 19.3. The van der Waals surface area contributed by atoms with Crippen LogP contribution < -0.4 is 14.2 Å². The Kier molecular flexibility index (Phi) is 6.71. The van der Waals surface area contributed by atoms with E-state index in [1.165, 1.54) is 27.4 Å². The Morgan fingerprint density at radius 2 is 1.54 bits per heavy atom. The maximum absolute atomic E-state index is 12.6. The lowest BCUT2D eigenvalue weighted by Crippen LogP contribution is -2.44. The molecule has 0 aliphatic carbocycles. The number of benzene rings is 1. The highest BCUT2D eigenvalue weighted by Crippen LogP contribution is 2.35. The highest BCUT2D eigenvalue weighted by molar-refractivity contribution is 5.95. The van der Waals surface area contributed by atoms with E-state index in [4.69, 9.17) is 18.9 Å².